The summed E-state index contributed by atoms with van der Waals surface area (Å²) in [7, 11) is 0. The van der Waals surface area contributed by atoms with Gasteiger partial charge in [-0.1, -0.05) is 44.7 Å². The summed E-state index contributed by atoms with van der Waals surface area (Å²) in [6.45, 7) is 2.81. The molecule has 1 unspecified atom stereocenters. The first-order chi connectivity index (χ1) is 9.98. The summed E-state index contributed by atoms with van der Waals surface area (Å²) in [6.07, 6.45) is 1.31. The first kappa shape index (κ1) is 16.1. The minimum absolute atomic E-state index is 0.0925. The van der Waals surface area contributed by atoms with Crippen molar-refractivity contribution in [3.63, 3.8) is 0 Å². The van der Waals surface area contributed by atoms with Crippen LogP contribution in [0.2, 0.25) is 0 Å². The molecule has 5 heteroatoms. The smallest absolute Gasteiger partial charge is 0.406 e. The normalized spacial score (nSPS) is 17.9. The van der Waals surface area contributed by atoms with Gasteiger partial charge in [-0.2, -0.15) is 0 Å². The van der Waals surface area contributed by atoms with Gasteiger partial charge in [0.2, 0.25) is 0 Å². The van der Waals surface area contributed by atoms with Crippen molar-refractivity contribution in [2.75, 3.05) is 6.54 Å². The molecule has 0 spiro atoms. The van der Waals surface area contributed by atoms with Crippen LogP contribution >= 0.6 is 0 Å². The molecule has 1 aliphatic rings. The summed E-state index contributed by atoms with van der Waals surface area (Å²) in [6, 6.07) is 6.42. The second-order valence-corrected chi connectivity index (χ2v) is 5.62. The fourth-order valence-electron chi connectivity index (χ4n) is 3.09. The Balaban J connectivity index is 2.09. The molecular weight excluding hydrogens is 279 g/mol. The lowest BCUT2D eigenvalue weighted by Crippen LogP contribution is -2.23. The van der Waals surface area contributed by atoms with Crippen LogP contribution in [0.15, 0.2) is 24.3 Å². The number of benzene rings is 1. The lowest BCUT2D eigenvalue weighted by atomic mass is 9.93. The van der Waals surface area contributed by atoms with Gasteiger partial charge in [0.1, 0.15) is 5.75 Å². The molecule has 1 N–H and O–H groups in total. The summed E-state index contributed by atoms with van der Waals surface area (Å²) >= 11 is 0. The van der Waals surface area contributed by atoms with Crippen molar-refractivity contribution in [3.05, 3.63) is 29.8 Å². The third-order valence-electron chi connectivity index (χ3n) is 3.99. The van der Waals surface area contributed by atoms with Crippen LogP contribution in [0.5, 0.6) is 5.75 Å². The Morgan fingerprint density at radius 2 is 2.00 bits per heavy atom. The standard InChI is InChI=1S/C16H22F3NO/c1-2-20-15(10-12-6-3-4-7-12)13-8-5-9-14(11-13)21-16(17,18)19/h5,8-9,11-12,15,20H,2-4,6-7,10H2,1H3. The number of halogens is 3. The number of rotatable bonds is 6. The zero-order chi connectivity index (χ0) is 15.3. The summed E-state index contributed by atoms with van der Waals surface area (Å²) in [4.78, 5) is 0. The lowest BCUT2D eigenvalue weighted by molar-refractivity contribution is -0.274. The first-order valence-electron chi connectivity index (χ1n) is 7.57. The van der Waals surface area contributed by atoms with Gasteiger partial charge < -0.3 is 10.1 Å². The van der Waals surface area contributed by atoms with Gasteiger partial charge in [0.15, 0.2) is 0 Å². The highest BCUT2D eigenvalue weighted by molar-refractivity contribution is 5.30. The molecule has 1 aromatic rings. The SMILES string of the molecule is CCNC(CC1CCCC1)c1cccc(OC(F)(F)F)c1. The van der Waals surface area contributed by atoms with E-state index in [1.807, 2.05) is 13.0 Å². The molecule has 0 bridgehead atoms. The molecule has 0 radical (unpaired) electrons. The summed E-state index contributed by atoms with van der Waals surface area (Å²) < 4.78 is 40.9. The molecule has 1 atom stereocenters. The molecule has 2 rings (SSSR count). The van der Waals surface area contributed by atoms with Crippen LogP contribution in [0.4, 0.5) is 13.2 Å². The fourth-order valence-corrected chi connectivity index (χ4v) is 3.09. The van der Waals surface area contributed by atoms with Gasteiger partial charge in [0.05, 0.1) is 0 Å². The third-order valence-corrected chi connectivity index (χ3v) is 3.99. The van der Waals surface area contributed by atoms with E-state index in [4.69, 9.17) is 0 Å². The van der Waals surface area contributed by atoms with Crippen molar-refractivity contribution in [3.8, 4) is 5.75 Å². The second kappa shape index (κ2) is 7.16. The molecule has 0 heterocycles. The lowest BCUT2D eigenvalue weighted by Gasteiger charge is -2.22. The quantitative estimate of drug-likeness (QED) is 0.813. The minimum Gasteiger partial charge on any atom is -0.406 e. The van der Waals surface area contributed by atoms with Gasteiger partial charge >= 0.3 is 6.36 Å². The van der Waals surface area contributed by atoms with Gasteiger partial charge in [-0.15, -0.1) is 13.2 Å². The number of hydrogen-bond donors (Lipinski definition) is 1. The van der Waals surface area contributed by atoms with Crippen LogP contribution in [0.1, 0.15) is 50.6 Å². The number of nitrogens with one attached hydrogen (secondary N) is 1. The Morgan fingerprint density at radius 3 is 2.62 bits per heavy atom. The van der Waals surface area contributed by atoms with E-state index >= 15 is 0 Å². The maximum atomic E-state index is 12.3. The average molecular weight is 301 g/mol. The van der Waals surface area contributed by atoms with Gasteiger partial charge in [0, 0.05) is 6.04 Å². The van der Waals surface area contributed by atoms with Crippen molar-refractivity contribution in [2.45, 2.75) is 51.4 Å². The van der Waals surface area contributed by atoms with Crippen LogP contribution in [0.25, 0.3) is 0 Å². The maximum Gasteiger partial charge on any atom is 0.573 e. The fraction of sp³-hybridized carbons (Fsp3) is 0.625. The van der Waals surface area contributed by atoms with Gasteiger partial charge in [0.25, 0.3) is 0 Å². The van der Waals surface area contributed by atoms with Crippen molar-refractivity contribution in [1.29, 1.82) is 0 Å². The highest BCUT2D eigenvalue weighted by Crippen LogP contribution is 2.34. The Morgan fingerprint density at radius 1 is 1.29 bits per heavy atom. The Labute approximate surface area is 123 Å². The van der Waals surface area contributed by atoms with E-state index in [0.29, 0.717) is 5.92 Å². The monoisotopic (exact) mass is 301 g/mol. The average Bonchev–Trinajstić information content (AvgIpc) is 2.89. The van der Waals surface area contributed by atoms with E-state index < -0.39 is 6.36 Å². The van der Waals surface area contributed by atoms with Crippen LogP contribution < -0.4 is 10.1 Å². The number of hydrogen-bond acceptors (Lipinski definition) is 2. The van der Waals surface area contributed by atoms with Gasteiger partial charge in [-0.3, -0.25) is 0 Å². The molecular formula is C16H22F3NO. The maximum absolute atomic E-state index is 12.3. The second-order valence-electron chi connectivity index (χ2n) is 5.62. The van der Waals surface area contributed by atoms with Crippen LogP contribution in [-0.4, -0.2) is 12.9 Å². The molecule has 0 aromatic heterocycles. The minimum atomic E-state index is -4.64. The molecule has 1 aliphatic carbocycles. The molecule has 1 fully saturated rings. The van der Waals surface area contributed by atoms with Crippen molar-refractivity contribution in [2.24, 2.45) is 5.92 Å². The van der Waals surface area contributed by atoms with Crippen molar-refractivity contribution < 1.29 is 17.9 Å². The Bertz CT molecular complexity index is 441. The molecule has 21 heavy (non-hydrogen) atoms. The zero-order valence-electron chi connectivity index (χ0n) is 12.2. The van der Waals surface area contributed by atoms with E-state index in [1.54, 1.807) is 6.07 Å². The van der Waals surface area contributed by atoms with E-state index in [0.717, 1.165) is 18.5 Å². The summed E-state index contributed by atoms with van der Waals surface area (Å²) in [5.74, 6) is 0.524. The first-order valence-corrected chi connectivity index (χ1v) is 7.57. The van der Waals surface area contributed by atoms with Crippen molar-refractivity contribution >= 4 is 0 Å². The van der Waals surface area contributed by atoms with Gasteiger partial charge in [-0.25, -0.2) is 0 Å². The largest absolute Gasteiger partial charge is 0.573 e. The topological polar surface area (TPSA) is 21.3 Å². The van der Waals surface area contributed by atoms with Crippen molar-refractivity contribution in [1.82, 2.24) is 5.32 Å². The van der Waals surface area contributed by atoms with Gasteiger partial charge in [-0.05, 0) is 36.6 Å². The summed E-state index contributed by atoms with van der Waals surface area (Å²) in [5, 5.41) is 3.38. The van der Waals surface area contributed by atoms with E-state index in [1.165, 1.54) is 37.8 Å². The molecule has 0 aliphatic heterocycles. The predicted octanol–water partition coefficient (Wildman–Crippen LogP) is 4.82. The Kier molecular flexibility index (Phi) is 5.51. The third kappa shape index (κ3) is 5.23. The molecule has 1 saturated carbocycles. The Hall–Kier alpha value is -1.23. The highest BCUT2D eigenvalue weighted by Gasteiger charge is 2.31. The zero-order valence-corrected chi connectivity index (χ0v) is 12.2. The van der Waals surface area contributed by atoms with E-state index in [-0.39, 0.29) is 11.8 Å². The molecule has 0 amide bonds. The molecule has 1 aromatic carbocycles. The molecule has 2 nitrogen and oxygen atoms in total. The highest BCUT2D eigenvalue weighted by atomic mass is 19.4. The summed E-state index contributed by atoms with van der Waals surface area (Å²) in [5.41, 5.74) is 0.866. The molecule has 118 valence electrons. The predicted molar refractivity (Wildman–Crippen MR) is 76.1 cm³/mol. The van der Waals surface area contributed by atoms with Crippen LogP contribution in [0, 0.1) is 5.92 Å². The number of alkyl halides is 3. The van der Waals surface area contributed by atoms with Crippen LogP contribution in [-0.2, 0) is 0 Å². The van der Waals surface area contributed by atoms with E-state index in [9.17, 15) is 13.2 Å². The van der Waals surface area contributed by atoms with Crippen LogP contribution in [0.3, 0.4) is 0 Å². The van der Waals surface area contributed by atoms with E-state index in [2.05, 4.69) is 10.1 Å². The number of ether oxygens (including phenoxy) is 1. The molecule has 0 saturated heterocycles.